The summed E-state index contributed by atoms with van der Waals surface area (Å²) in [7, 11) is 1.49. The second-order valence-corrected chi connectivity index (χ2v) is 3.98. The Morgan fingerprint density at radius 2 is 2.06 bits per heavy atom. The third-order valence-electron chi connectivity index (χ3n) is 2.29. The molecular weight excluding hydrogens is 255 g/mol. The summed E-state index contributed by atoms with van der Waals surface area (Å²) < 4.78 is 36.2. The van der Waals surface area contributed by atoms with Gasteiger partial charge in [-0.15, -0.1) is 0 Å². The van der Waals surface area contributed by atoms with Gasteiger partial charge in [-0.25, -0.2) is 0 Å². The van der Waals surface area contributed by atoms with E-state index >= 15 is 0 Å². The van der Waals surface area contributed by atoms with Gasteiger partial charge in [0.05, 0.1) is 17.0 Å². The van der Waals surface area contributed by atoms with Crippen LogP contribution in [0, 0.1) is 0 Å². The molecule has 1 aromatic rings. The van der Waals surface area contributed by atoms with E-state index in [-0.39, 0.29) is 17.1 Å². The summed E-state index contributed by atoms with van der Waals surface area (Å²) >= 11 is 5.78. The molecule has 2 nitrogen and oxygen atoms in total. The lowest BCUT2D eigenvalue weighted by atomic mass is 10.1. The predicted octanol–water partition coefficient (Wildman–Crippen LogP) is 3.54. The molecule has 0 aliphatic rings. The summed E-state index contributed by atoms with van der Waals surface area (Å²) in [4.78, 5) is 12.2. The zero-order valence-corrected chi connectivity index (χ0v) is 9.85. The molecule has 1 aromatic carbocycles. The minimum atomic E-state index is -4.21. The lowest BCUT2D eigenvalue weighted by Crippen LogP contribution is -2.24. The summed E-state index contributed by atoms with van der Waals surface area (Å²) in [6, 6.07) is 4.67. The quantitative estimate of drug-likeness (QED) is 0.776. The molecule has 17 heavy (non-hydrogen) atoms. The average molecular weight is 266 g/mol. The number of hydrogen-bond donors (Lipinski definition) is 0. The highest BCUT2D eigenvalue weighted by molar-refractivity contribution is 6.33. The molecule has 0 aromatic heterocycles. The fraction of sp³-hybridized carbons (Fsp3) is 0.364. The normalized spacial score (nSPS) is 11.4. The Kier molecular flexibility index (Phi) is 4.40. The number of aldehydes is 1. The molecule has 0 atom stereocenters. The van der Waals surface area contributed by atoms with Crippen molar-refractivity contribution in [2.45, 2.75) is 12.6 Å². The van der Waals surface area contributed by atoms with E-state index in [4.69, 9.17) is 11.6 Å². The van der Waals surface area contributed by atoms with Crippen LogP contribution in [0.4, 0.5) is 18.9 Å². The Bertz CT molecular complexity index is 406. The average Bonchev–Trinajstić information content (AvgIpc) is 2.24. The molecule has 0 bridgehead atoms. The second-order valence-electron chi connectivity index (χ2n) is 3.58. The van der Waals surface area contributed by atoms with Gasteiger partial charge in [0.25, 0.3) is 0 Å². The molecule has 0 unspecified atom stereocenters. The van der Waals surface area contributed by atoms with E-state index in [2.05, 4.69) is 0 Å². The number of carbonyl (C=O) groups excluding carboxylic acids is 1. The van der Waals surface area contributed by atoms with Gasteiger partial charge in [-0.1, -0.05) is 17.7 Å². The van der Waals surface area contributed by atoms with E-state index in [1.165, 1.54) is 18.0 Å². The first-order chi connectivity index (χ1) is 7.85. The van der Waals surface area contributed by atoms with Gasteiger partial charge >= 0.3 is 6.18 Å². The van der Waals surface area contributed by atoms with Crippen LogP contribution in [0.5, 0.6) is 0 Å². The van der Waals surface area contributed by atoms with Gasteiger partial charge in [0.2, 0.25) is 0 Å². The predicted molar refractivity (Wildman–Crippen MR) is 60.8 cm³/mol. The Hall–Kier alpha value is -1.23. The standard InChI is InChI=1S/C11H11ClF3NO/c1-16(6-5-11(13,14)15)10-4-2-3-9(12)8(10)7-17/h2-4,7H,5-6H2,1H3. The number of alkyl halides is 3. The summed E-state index contributed by atoms with van der Waals surface area (Å²) in [5.41, 5.74) is 0.607. The van der Waals surface area contributed by atoms with Crippen molar-refractivity contribution in [1.82, 2.24) is 0 Å². The maximum Gasteiger partial charge on any atom is 0.390 e. The van der Waals surface area contributed by atoms with Crippen LogP contribution in [0.3, 0.4) is 0 Å². The van der Waals surface area contributed by atoms with Crippen LogP contribution >= 0.6 is 11.6 Å². The largest absolute Gasteiger partial charge is 0.390 e. The van der Waals surface area contributed by atoms with Crippen LogP contribution in [0.2, 0.25) is 5.02 Å². The van der Waals surface area contributed by atoms with Crippen molar-refractivity contribution in [1.29, 1.82) is 0 Å². The van der Waals surface area contributed by atoms with E-state index in [1.807, 2.05) is 0 Å². The lowest BCUT2D eigenvalue weighted by Gasteiger charge is -2.22. The number of hydrogen-bond acceptors (Lipinski definition) is 2. The molecule has 0 radical (unpaired) electrons. The Morgan fingerprint density at radius 3 is 2.59 bits per heavy atom. The van der Waals surface area contributed by atoms with Gasteiger partial charge in [0.1, 0.15) is 0 Å². The van der Waals surface area contributed by atoms with Gasteiger partial charge < -0.3 is 4.90 Å². The zero-order valence-electron chi connectivity index (χ0n) is 9.09. The van der Waals surface area contributed by atoms with Crippen LogP contribution < -0.4 is 4.90 Å². The minimum absolute atomic E-state index is 0.207. The number of benzene rings is 1. The molecule has 0 aliphatic carbocycles. The van der Waals surface area contributed by atoms with Crippen LogP contribution in [-0.2, 0) is 0 Å². The van der Waals surface area contributed by atoms with Gasteiger partial charge in [-0.2, -0.15) is 13.2 Å². The van der Waals surface area contributed by atoms with Crippen molar-refractivity contribution in [3.63, 3.8) is 0 Å². The Balaban J connectivity index is 2.85. The van der Waals surface area contributed by atoms with E-state index in [0.717, 1.165) is 0 Å². The van der Waals surface area contributed by atoms with Crippen molar-refractivity contribution < 1.29 is 18.0 Å². The molecule has 94 valence electrons. The van der Waals surface area contributed by atoms with Crippen LogP contribution in [-0.4, -0.2) is 26.1 Å². The third-order valence-corrected chi connectivity index (χ3v) is 2.62. The number of halogens is 4. The molecule has 6 heteroatoms. The molecule has 0 heterocycles. The molecule has 0 amide bonds. The fourth-order valence-electron chi connectivity index (χ4n) is 1.39. The molecule has 0 saturated carbocycles. The van der Waals surface area contributed by atoms with Crippen LogP contribution in [0.25, 0.3) is 0 Å². The highest BCUT2D eigenvalue weighted by atomic mass is 35.5. The van der Waals surface area contributed by atoms with Crippen molar-refractivity contribution >= 4 is 23.6 Å². The minimum Gasteiger partial charge on any atom is -0.374 e. The van der Waals surface area contributed by atoms with Crippen molar-refractivity contribution in [2.24, 2.45) is 0 Å². The lowest BCUT2D eigenvalue weighted by molar-refractivity contribution is -0.132. The third kappa shape index (κ3) is 3.93. The van der Waals surface area contributed by atoms with Crippen molar-refractivity contribution in [3.05, 3.63) is 28.8 Å². The molecule has 0 aliphatic heterocycles. The maximum atomic E-state index is 12.1. The summed E-state index contributed by atoms with van der Waals surface area (Å²) in [5, 5.41) is 0.233. The van der Waals surface area contributed by atoms with E-state index in [9.17, 15) is 18.0 Å². The molecule has 1 rings (SSSR count). The first kappa shape index (κ1) is 13.8. The van der Waals surface area contributed by atoms with E-state index in [0.29, 0.717) is 12.0 Å². The maximum absolute atomic E-state index is 12.1. The molecule has 0 saturated heterocycles. The monoisotopic (exact) mass is 265 g/mol. The first-order valence-corrected chi connectivity index (χ1v) is 5.24. The van der Waals surface area contributed by atoms with Gasteiger partial charge in [-0.3, -0.25) is 4.79 Å². The molecular formula is C11H11ClF3NO. The SMILES string of the molecule is CN(CCC(F)(F)F)c1cccc(Cl)c1C=O. The Morgan fingerprint density at radius 1 is 1.41 bits per heavy atom. The van der Waals surface area contributed by atoms with Crippen molar-refractivity contribution in [3.8, 4) is 0 Å². The Labute approximate surface area is 102 Å². The van der Waals surface area contributed by atoms with Crippen LogP contribution in [0.1, 0.15) is 16.8 Å². The summed E-state index contributed by atoms with van der Waals surface area (Å²) in [6.07, 6.45) is -4.61. The molecule has 0 fully saturated rings. The number of nitrogens with zero attached hydrogens (tertiary/aromatic N) is 1. The number of anilines is 1. The smallest absolute Gasteiger partial charge is 0.374 e. The topological polar surface area (TPSA) is 20.3 Å². The summed E-state index contributed by atoms with van der Waals surface area (Å²) in [6.45, 7) is -0.218. The van der Waals surface area contributed by atoms with Gasteiger partial charge in [0, 0.05) is 19.3 Å². The van der Waals surface area contributed by atoms with E-state index in [1.54, 1.807) is 12.1 Å². The molecule has 0 spiro atoms. The van der Waals surface area contributed by atoms with Gasteiger partial charge in [0.15, 0.2) is 6.29 Å². The number of carbonyl (C=O) groups is 1. The highest BCUT2D eigenvalue weighted by Gasteiger charge is 2.27. The summed E-state index contributed by atoms with van der Waals surface area (Å²) in [5.74, 6) is 0. The van der Waals surface area contributed by atoms with Gasteiger partial charge in [-0.05, 0) is 12.1 Å². The first-order valence-electron chi connectivity index (χ1n) is 4.86. The fourth-order valence-corrected chi connectivity index (χ4v) is 1.60. The van der Waals surface area contributed by atoms with Crippen molar-refractivity contribution in [2.75, 3.05) is 18.5 Å². The highest BCUT2D eigenvalue weighted by Crippen LogP contribution is 2.27. The zero-order chi connectivity index (χ0) is 13.1. The second kappa shape index (κ2) is 5.40. The van der Waals surface area contributed by atoms with Crippen LogP contribution in [0.15, 0.2) is 18.2 Å². The molecule has 0 N–H and O–H groups in total. The number of rotatable bonds is 4. The van der Waals surface area contributed by atoms with E-state index < -0.39 is 12.6 Å².